The van der Waals surface area contributed by atoms with E-state index in [-0.39, 0.29) is 36.0 Å². The summed E-state index contributed by atoms with van der Waals surface area (Å²) in [4.78, 5) is 49.0. The lowest BCUT2D eigenvalue weighted by atomic mass is 9.91. The summed E-state index contributed by atoms with van der Waals surface area (Å²) >= 11 is 0. The van der Waals surface area contributed by atoms with Gasteiger partial charge < -0.3 is 10.6 Å². The molecule has 0 heterocycles. The molecule has 1 amide bonds. The summed E-state index contributed by atoms with van der Waals surface area (Å²) < 4.78 is 0. The number of hydrogen-bond acceptors (Lipinski definition) is 5. The average Bonchev–Trinajstić information content (AvgIpc) is 2.68. The van der Waals surface area contributed by atoms with Crippen molar-refractivity contribution in [2.75, 3.05) is 6.54 Å². The second-order valence-corrected chi connectivity index (χ2v) is 8.86. The summed E-state index contributed by atoms with van der Waals surface area (Å²) in [6.45, 7) is 8.99. The highest BCUT2D eigenvalue weighted by molar-refractivity contribution is 6.38. The molecule has 0 aliphatic rings. The van der Waals surface area contributed by atoms with Gasteiger partial charge in [-0.3, -0.25) is 19.2 Å². The van der Waals surface area contributed by atoms with Crippen molar-refractivity contribution in [2.45, 2.75) is 78.3 Å². The molecule has 1 aromatic rings. The molecule has 2 N–H and O–H groups in total. The summed E-state index contributed by atoms with van der Waals surface area (Å²) in [6.07, 6.45) is 2.65. The van der Waals surface area contributed by atoms with Gasteiger partial charge >= 0.3 is 0 Å². The van der Waals surface area contributed by atoms with Crippen molar-refractivity contribution in [1.82, 2.24) is 10.6 Å². The third kappa shape index (κ3) is 9.92. The zero-order chi connectivity index (χ0) is 22.7. The van der Waals surface area contributed by atoms with Gasteiger partial charge in [0.2, 0.25) is 5.78 Å². The van der Waals surface area contributed by atoms with E-state index in [1.165, 1.54) is 6.92 Å². The molecule has 0 radical (unpaired) electrons. The third-order valence-corrected chi connectivity index (χ3v) is 4.84. The predicted molar refractivity (Wildman–Crippen MR) is 118 cm³/mol. The Balaban J connectivity index is 2.56. The zero-order valence-corrected chi connectivity index (χ0v) is 18.9. The van der Waals surface area contributed by atoms with Crippen LogP contribution in [0.15, 0.2) is 30.3 Å². The SMILES string of the molecule is CCCC(NC(C)(C)C)C(=O)C(=O)NCC(=O)CC(CCc1ccccc1)C(C)=O. The van der Waals surface area contributed by atoms with E-state index < -0.39 is 17.7 Å². The lowest BCUT2D eigenvalue weighted by Crippen LogP contribution is -2.52. The highest BCUT2D eigenvalue weighted by Crippen LogP contribution is 2.15. The molecular formula is C24H36N2O4. The molecule has 6 heteroatoms. The quantitative estimate of drug-likeness (QED) is 0.482. The summed E-state index contributed by atoms with van der Waals surface area (Å²) in [6, 6.07) is 9.21. The average molecular weight is 417 g/mol. The highest BCUT2D eigenvalue weighted by Gasteiger charge is 2.28. The molecule has 0 aliphatic carbocycles. The number of nitrogens with one attached hydrogen (secondary N) is 2. The summed E-state index contributed by atoms with van der Waals surface area (Å²) in [5.41, 5.74) is 0.808. The maximum Gasteiger partial charge on any atom is 0.289 e. The van der Waals surface area contributed by atoms with E-state index in [0.717, 1.165) is 12.0 Å². The molecule has 166 valence electrons. The van der Waals surface area contributed by atoms with Crippen molar-refractivity contribution in [3.63, 3.8) is 0 Å². The number of rotatable bonds is 13. The van der Waals surface area contributed by atoms with E-state index in [0.29, 0.717) is 19.3 Å². The van der Waals surface area contributed by atoms with E-state index in [1.807, 2.05) is 58.0 Å². The number of amides is 1. The van der Waals surface area contributed by atoms with Crippen LogP contribution in [0.1, 0.15) is 65.9 Å². The Morgan fingerprint density at radius 2 is 1.63 bits per heavy atom. The monoisotopic (exact) mass is 416 g/mol. The number of carbonyl (C=O) groups is 4. The van der Waals surface area contributed by atoms with E-state index in [2.05, 4.69) is 10.6 Å². The molecule has 0 fully saturated rings. The Hall–Kier alpha value is -2.34. The fourth-order valence-corrected chi connectivity index (χ4v) is 3.29. The van der Waals surface area contributed by atoms with Gasteiger partial charge in [0.1, 0.15) is 5.78 Å². The number of Topliss-reactive ketones (excluding diaryl/α,β-unsaturated/α-hetero) is 3. The first-order valence-corrected chi connectivity index (χ1v) is 10.7. The molecule has 6 nitrogen and oxygen atoms in total. The molecule has 1 aromatic carbocycles. The van der Waals surface area contributed by atoms with Gasteiger partial charge in [0.15, 0.2) is 5.78 Å². The van der Waals surface area contributed by atoms with Crippen LogP contribution in [0.3, 0.4) is 0 Å². The van der Waals surface area contributed by atoms with Crippen molar-refractivity contribution in [3.05, 3.63) is 35.9 Å². The second-order valence-electron chi connectivity index (χ2n) is 8.86. The summed E-state index contributed by atoms with van der Waals surface area (Å²) in [5.74, 6) is -2.01. The Labute approximate surface area is 180 Å². The van der Waals surface area contributed by atoms with Crippen molar-refractivity contribution in [1.29, 1.82) is 0 Å². The number of carbonyl (C=O) groups excluding carboxylic acids is 4. The third-order valence-electron chi connectivity index (χ3n) is 4.84. The minimum absolute atomic E-state index is 0.0425. The standard InChI is InChI=1S/C24H36N2O4/c1-6-10-21(26-24(3,4)5)22(29)23(30)25-16-20(28)15-19(17(2)27)14-13-18-11-8-7-9-12-18/h7-9,11-12,19,21,26H,6,10,13-16H2,1-5H3,(H,25,30). The van der Waals surface area contributed by atoms with Crippen molar-refractivity contribution in [2.24, 2.45) is 5.92 Å². The van der Waals surface area contributed by atoms with Gasteiger partial charge in [-0.25, -0.2) is 0 Å². The number of hydrogen-bond donors (Lipinski definition) is 2. The minimum atomic E-state index is -0.762. The van der Waals surface area contributed by atoms with Crippen molar-refractivity contribution in [3.8, 4) is 0 Å². The molecule has 0 saturated carbocycles. The van der Waals surface area contributed by atoms with Gasteiger partial charge in [-0.1, -0.05) is 43.7 Å². The van der Waals surface area contributed by atoms with Crippen LogP contribution in [0.5, 0.6) is 0 Å². The smallest absolute Gasteiger partial charge is 0.289 e. The molecule has 0 spiro atoms. The van der Waals surface area contributed by atoms with Gasteiger partial charge in [-0.05, 0) is 52.5 Å². The minimum Gasteiger partial charge on any atom is -0.342 e. The fraction of sp³-hybridized carbons (Fsp3) is 0.583. The summed E-state index contributed by atoms with van der Waals surface area (Å²) in [5, 5.41) is 5.60. The first-order valence-electron chi connectivity index (χ1n) is 10.7. The molecule has 2 atom stereocenters. The van der Waals surface area contributed by atoms with Gasteiger partial charge in [0.25, 0.3) is 5.91 Å². The maximum absolute atomic E-state index is 12.5. The number of benzene rings is 1. The number of ketones is 3. The van der Waals surface area contributed by atoms with Gasteiger partial charge in [-0.2, -0.15) is 0 Å². The molecule has 30 heavy (non-hydrogen) atoms. The molecule has 0 aromatic heterocycles. The zero-order valence-electron chi connectivity index (χ0n) is 18.9. The van der Waals surface area contributed by atoms with Crippen LogP contribution < -0.4 is 10.6 Å². The van der Waals surface area contributed by atoms with Gasteiger partial charge in [0, 0.05) is 17.9 Å². The Morgan fingerprint density at radius 1 is 1.00 bits per heavy atom. The van der Waals surface area contributed by atoms with Crippen LogP contribution >= 0.6 is 0 Å². The summed E-state index contributed by atoms with van der Waals surface area (Å²) in [7, 11) is 0. The van der Waals surface area contributed by atoms with Crippen molar-refractivity contribution < 1.29 is 19.2 Å². The lowest BCUT2D eigenvalue weighted by Gasteiger charge is -2.27. The predicted octanol–water partition coefficient (Wildman–Crippen LogP) is 3.03. The van der Waals surface area contributed by atoms with E-state index >= 15 is 0 Å². The first-order chi connectivity index (χ1) is 14.0. The first kappa shape index (κ1) is 25.7. The van der Waals surface area contributed by atoms with Crippen LogP contribution in [-0.2, 0) is 25.6 Å². The molecule has 2 unspecified atom stereocenters. The van der Waals surface area contributed by atoms with E-state index in [9.17, 15) is 19.2 Å². The normalized spacial score (nSPS) is 13.4. The lowest BCUT2D eigenvalue weighted by molar-refractivity contribution is -0.140. The van der Waals surface area contributed by atoms with Crippen LogP contribution in [0.25, 0.3) is 0 Å². The van der Waals surface area contributed by atoms with E-state index in [4.69, 9.17) is 0 Å². The maximum atomic E-state index is 12.5. The van der Waals surface area contributed by atoms with Crippen LogP contribution in [0.2, 0.25) is 0 Å². The van der Waals surface area contributed by atoms with Crippen molar-refractivity contribution >= 4 is 23.3 Å². The molecule has 0 aliphatic heterocycles. The molecule has 0 bridgehead atoms. The molecular weight excluding hydrogens is 380 g/mol. The fourth-order valence-electron chi connectivity index (χ4n) is 3.29. The molecule has 0 saturated heterocycles. The van der Waals surface area contributed by atoms with Crippen LogP contribution in [0, 0.1) is 5.92 Å². The topological polar surface area (TPSA) is 92.3 Å². The molecule has 1 rings (SSSR count). The largest absolute Gasteiger partial charge is 0.342 e. The Bertz CT molecular complexity index is 722. The van der Waals surface area contributed by atoms with Gasteiger partial charge in [0.05, 0.1) is 12.6 Å². The highest BCUT2D eigenvalue weighted by atomic mass is 16.2. The van der Waals surface area contributed by atoms with Crippen LogP contribution in [-0.4, -0.2) is 41.4 Å². The Kier molecular flexibility index (Phi) is 10.6. The van der Waals surface area contributed by atoms with Crippen LogP contribution in [0.4, 0.5) is 0 Å². The Morgan fingerprint density at radius 3 is 2.17 bits per heavy atom. The van der Waals surface area contributed by atoms with Gasteiger partial charge in [-0.15, -0.1) is 0 Å². The number of aryl methyl sites for hydroxylation is 1. The second kappa shape index (κ2) is 12.4. The van der Waals surface area contributed by atoms with E-state index in [1.54, 1.807) is 0 Å².